The smallest absolute Gasteiger partial charge is 0.249 e. The number of rotatable bonds is 3. The zero-order chi connectivity index (χ0) is 12.1. The fraction of sp³-hybridized carbons (Fsp3) is 0.250. The fourth-order valence-electron chi connectivity index (χ4n) is 1.25. The van der Waals surface area contributed by atoms with Gasteiger partial charge in [-0.2, -0.15) is 5.26 Å². The van der Waals surface area contributed by atoms with Gasteiger partial charge < -0.3 is 5.32 Å². The largest absolute Gasteiger partial charge is 0.324 e. The first kappa shape index (κ1) is 11.9. The Bertz CT molecular complexity index is 460. The fourth-order valence-corrected chi connectivity index (χ4v) is 1.25. The Balaban J connectivity index is 2.84. The molecule has 0 saturated heterocycles. The lowest BCUT2D eigenvalue weighted by Crippen LogP contribution is -2.27. The number of hydrogen-bond acceptors (Lipinski definition) is 3. The third kappa shape index (κ3) is 2.67. The van der Waals surface area contributed by atoms with Gasteiger partial charge in [-0.3, -0.25) is 9.59 Å². The van der Waals surface area contributed by atoms with Gasteiger partial charge in [0.05, 0.1) is 6.07 Å². The van der Waals surface area contributed by atoms with Gasteiger partial charge in [-0.05, 0) is 25.5 Å². The topological polar surface area (TPSA) is 70.0 Å². The van der Waals surface area contributed by atoms with E-state index < -0.39 is 17.6 Å². The summed E-state index contributed by atoms with van der Waals surface area (Å²) in [6, 6.07) is 8.86. The van der Waals surface area contributed by atoms with Gasteiger partial charge in [-0.15, -0.1) is 0 Å². The van der Waals surface area contributed by atoms with E-state index in [-0.39, 0.29) is 0 Å². The lowest BCUT2D eigenvalue weighted by molar-refractivity contribution is -0.127. The Labute approximate surface area is 93.9 Å². The van der Waals surface area contributed by atoms with Gasteiger partial charge in [0.15, 0.2) is 11.7 Å². The standard InChI is InChI=1S/C12H12N2O2/c1-8-5-3-4-6-11(8)14-12(16)10(7-13)9(2)15/h3-6,10H,1-2H3,(H,14,16). The summed E-state index contributed by atoms with van der Waals surface area (Å²) in [6.07, 6.45) is 0. The number of para-hydroxylation sites is 1. The Morgan fingerprint density at radius 3 is 2.50 bits per heavy atom. The number of benzene rings is 1. The maximum absolute atomic E-state index is 11.6. The van der Waals surface area contributed by atoms with E-state index in [0.717, 1.165) is 5.56 Å². The zero-order valence-electron chi connectivity index (χ0n) is 9.15. The van der Waals surface area contributed by atoms with E-state index in [1.54, 1.807) is 18.2 Å². The van der Waals surface area contributed by atoms with Crippen molar-refractivity contribution in [1.82, 2.24) is 0 Å². The molecule has 4 nitrogen and oxygen atoms in total. The second-order valence-corrected chi connectivity index (χ2v) is 3.48. The summed E-state index contributed by atoms with van der Waals surface area (Å²) in [4.78, 5) is 22.6. The molecule has 1 N–H and O–H groups in total. The van der Waals surface area contributed by atoms with Gasteiger partial charge in [0.25, 0.3) is 0 Å². The van der Waals surface area contributed by atoms with Gasteiger partial charge in [-0.25, -0.2) is 0 Å². The molecule has 0 heterocycles. The predicted molar refractivity (Wildman–Crippen MR) is 59.6 cm³/mol. The summed E-state index contributed by atoms with van der Waals surface area (Å²) in [6.45, 7) is 3.07. The summed E-state index contributed by atoms with van der Waals surface area (Å²) >= 11 is 0. The van der Waals surface area contributed by atoms with E-state index >= 15 is 0 Å². The van der Waals surface area contributed by atoms with Crippen LogP contribution in [0.5, 0.6) is 0 Å². The first-order chi connectivity index (χ1) is 7.56. The third-order valence-electron chi connectivity index (χ3n) is 2.20. The van der Waals surface area contributed by atoms with E-state index in [1.165, 1.54) is 6.92 Å². The molecule has 1 atom stereocenters. The van der Waals surface area contributed by atoms with Crippen LogP contribution in [0.1, 0.15) is 12.5 Å². The summed E-state index contributed by atoms with van der Waals surface area (Å²) in [5.74, 6) is -2.27. The van der Waals surface area contributed by atoms with Crippen LogP contribution in [0.4, 0.5) is 5.69 Å². The van der Waals surface area contributed by atoms with Gasteiger partial charge in [0.2, 0.25) is 5.91 Å². The molecule has 0 bridgehead atoms. The number of amides is 1. The summed E-state index contributed by atoms with van der Waals surface area (Å²) in [5.41, 5.74) is 1.50. The minimum atomic E-state index is -1.24. The highest BCUT2D eigenvalue weighted by Crippen LogP contribution is 2.14. The number of ketones is 1. The SMILES string of the molecule is CC(=O)C(C#N)C(=O)Nc1ccccc1C. The molecule has 1 aromatic rings. The normalized spacial score (nSPS) is 11.3. The number of hydrogen-bond donors (Lipinski definition) is 1. The summed E-state index contributed by atoms with van der Waals surface area (Å²) in [5, 5.41) is 11.2. The quantitative estimate of drug-likeness (QED) is 0.781. The first-order valence-electron chi connectivity index (χ1n) is 4.83. The average Bonchev–Trinajstić information content (AvgIpc) is 2.22. The molecule has 82 valence electrons. The Morgan fingerprint density at radius 2 is 2.00 bits per heavy atom. The van der Waals surface area contributed by atoms with Crippen molar-refractivity contribution in [2.24, 2.45) is 5.92 Å². The van der Waals surface area contributed by atoms with E-state index in [9.17, 15) is 9.59 Å². The number of carbonyl (C=O) groups excluding carboxylic acids is 2. The highest BCUT2D eigenvalue weighted by atomic mass is 16.2. The van der Waals surface area contributed by atoms with Crippen LogP contribution in [-0.4, -0.2) is 11.7 Å². The maximum Gasteiger partial charge on any atom is 0.249 e. The van der Waals surface area contributed by atoms with Crippen molar-refractivity contribution in [3.05, 3.63) is 29.8 Å². The number of nitriles is 1. The van der Waals surface area contributed by atoms with Crippen molar-refractivity contribution in [2.45, 2.75) is 13.8 Å². The van der Waals surface area contributed by atoms with Crippen LogP contribution >= 0.6 is 0 Å². The van der Waals surface area contributed by atoms with Crippen molar-refractivity contribution in [3.8, 4) is 6.07 Å². The van der Waals surface area contributed by atoms with Gasteiger partial charge in [0, 0.05) is 5.69 Å². The van der Waals surface area contributed by atoms with E-state index in [1.807, 2.05) is 19.1 Å². The molecular weight excluding hydrogens is 204 g/mol. The molecule has 1 amide bonds. The van der Waals surface area contributed by atoms with Crippen LogP contribution in [0.25, 0.3) is 0 Å². The third-order valence-corrected chi connectivity index (χ3v) is 2.20. The number of carbonyl (C=O) groups is 2. The van der Waals surface area contributed by atoms with Crippen LogP contribution in [0.3, 0.4) is 0 Å². The molecule has 0 spiro atoms. The monoisotopic (exact) mass is 216 g/mol. The van der Waals surface area contributed by atoms with Crippen molar-refractivity contribution in [3.63, 3.8) is 0 Å². The second-order valence-electron chi connectivity index (χ2n) is 3.48. The Morgan fingerprint density at radius 1 is 1.38 bits per heavy atom. The van der Waals surface area contributed by atoms with Crippen LogP contribution in [-0.2, 0) is 9.59 Å². The zero-order valence-corrected chi connectivity index (χ0v) is 9.15. The number of aryl methyl sites for hydroxylation is 1. The van der Waals surface area contributed by atoms with Crippen LogP contribution in [0.2, 0.25) is 0 Å². The van der Waals surface area contributed by atoms with Crippen molar-refractivity contribution >= 4 is 17.4 Å². The van der Waals surface area contributed by atoms with Crippen molar-refractivity contribution < 1.29 is 9.59 Å². The van der Waals surface area contributed by atoms with E-state index in [2.05, 4.69) is 5.32 Å². The molecule has 4 heteroatoms. The van der Waals surface area contributed by atoms with Gasteiger partial charge in [-0.1, -0.05) is 18.2 Å². The van der Waals surface area contributed by atoms with E-state index in [4.69, 9.17) is 5.26 Å². The molecule has 0 aromatic heterocycles. The summed E-state index contributed by atoms with van der Waals surface area (Å²) in [7, 11) is 0. The highest BCUT2D eigenvalue weighted by molar-refractivity contribution is 6.08. The van der Waals surface area contributed by atoms with Gasteiger partial charge >= 0.3 is 0 Å². The number of nitrogens with one attached hydrogen (secondary N) is 1. The summed E-state index contributed by atoms with van der Waals surface area (Å²) < 4.78 is 0. The van der Waals surface area contributed by atoms with Crippen LogP contribution in [0, 0.1) is 24.2 Å². The average molecular weight is 216 g/mol. The molecule has 0 aliphatic carbocycles. The predicted octanol–water partition coefficient (Wildman–Crippen LogP) is 1.66. The van der Waals surface area contributed by atoms with Crippen molar-refractivity contribution in [1.29, 1.82) is 5.26 Å². The Hall–Kier alpha value is -2.15. The molecule has 16 heavy (non-hydrogen) atoms. The van der Waals surface area contributed by atoms with Crippen molar-refractivity contribution in [2.75, 3.05) is 5.32 Å². The molecule has 0 saturated carbocycles. The molecule has 0 radical (unpaired) electrons. The molecule has 0 fully saturated rings. The minimum Gasteiger partial charge on any atom is -0.324 e. The molecule has 1 rings (SSSR count). The van der Waals surface area contributed by atoms with Crippen LogP contribution in [0.15, 0.2) is 24.3 Å². The molecule has 0 aliphatic rings. The number of anilines is 1. The molecular formula is C12H12N2O2. The number of Topliss-reactive ketones (excluding diaryl/α,β-unsaturated/α-hetero) is 1. The highest BCUT2D eigenvalue weighted by Gasteiger charge is 2.22. The Kier molecular flexibility index (Phi) is 3.78. The van der Waals surface area contributed by atoms with E-state index in [0.29, 0.717) is 5.69 Å². The lowest BCUT2D eigenvalue weighted by Gasteiger charge is -2.09. The maximum atomic E-state index is 11.6. The molecule has 0 aliphatic heterocycles. The second kappa shape index (κ2) is 5.08. The van der Waals surface area contributed by atoms with Crippen LogP contribution < -0.4 is 5.32 Å². The molecule has 1 unspecified atom stereocenters. The first-order valence-corrected chi connectivity index (χ1v) is 4.83. The van der Waals surface area contributed by atoms with Gasteiger partial charge in [0.1, 0.15) is 0 Å². The number of nitrogens with zero attached hydrogens (tertiary/aromatic N) is 1. The lowest BCUT2D eigenvalue weighted by atomic mass is 10.1. The molecule has 1 aromatic carbocycles. The minimum absolute atomic E-state index is 0.450.